The van der Waals surface area contributed by atoms with Crippen molar-refractivity contribution in [1.82, 2.24) is 4.90 Å². The fraction of sp³-hybridized carbons (Fsp3) is 0.318. The molecule has 6 nitrogen and oxygen atoms in total. The van der Waals surface area contributed by atoms with Crippen LogP contribution in [0.5, 0.6) is 0 Å². The number of amides is 2. The van der Waals surface area contributed by atoms with Gasteiger partial charge >= 0.3 is 0 Å². The van der Waals surface area contributed by atoms with E-state index in [1.807, 2.05) is 11.9 Å². The largest absolute Gasteiger partial charge is 0.354 e. The van der Waals surface area contributed by atoms with Crippen LogP contribution in [0.15, 0.2) is 42.5 Å². The molecule has 6 heteroatoms. The topological polar surface area (TPSA) is 76.4 Å². The summed E-state index contributed by atoms with van der Waals surface area (Å²) in [6.45, 7) is 0.782. The van der Waals surface area contributed by atoms with Gasteiger partial charge < -0.3 is 15.1 Å². The van der Waals surface area contributed by atoms with E-state index in [0.29, 0.717) is 22.4 Å². The normalized spacial score (nSPS) is 18.6. The van der Waals surface area contributed by atoms with E-state index in [4.69, 9.17) is 5.26 Å². The standard InChI is InChI=1S/C22H22N4O2/c1-25-19-13-16(21(27)24-17-7-5-6-15(12-17)14-23)9-10-18(19)22(28)26-11-4-2-3-8-20(25)26/h5-7,9-10,12-13,20H,2-4,8,11H2,1H3,(H,24,27). The van der Waals surface area contributed by atoms with Crippen molar-refractivity contribution in [2.45, 2.75) is 31.8 Å². The Kier molecular flexibility index (Phi) is 4.74. The third-order valence-corrected chi connectivity index (χ3v) is 5.55. The fourth-order valence-electron chi connectivity index (χ4n) is 4.06. The molecule has 0 spiro atoms. The maximum atomic E-state index is 13.0. The Morgan fingerprint density at radius 3 is 2.86 bits per heavy atom. The van der Waals surface area contributed by atoms with Crippen LogP contribution in [0, 0.1) is 11.3 Å². The van der Waals surface area contributed by atoms with Crippen LogP contribution in [0.2, 0.25) is 0 Å². The molecular formula is C22H22N4O2. The van der Waals surface area contributed by atoms with E-state index in [9.17, 15) is 9.59 Å². The van der Waals surface area contributed by atoms with Crippen LogP contribution < -0.4 is 10.2 Å². The lowest BCUT2D eigenvalue weighted by molar-refractivity contribution is 0.0661. The second-order valence-corrected chi connectivity index (χ2v) is 7.32. The van der Waals surface area contributed by atoms with Gasteiger partial charge in [-0.15, -0.1) is 0 Å². The maximum Gasteiger partial charge on any atom is 0.257 e. The molecule has 2 aromatic rings. The molecule has 2 aromatic carbocycles. The van der Waals surface area contributed by atoms with Gasteiger partial charge in [-0.3, -0.25) is 9.59 Å². The lowest BCUT2D eigenvalue weighted by Gasteiger charge is -2.43. The van der Waals surface area contributed by atoms with E-state index in [1.54, 1.807) is 42.5 Å². The van der Waals surface area contributed by atoms with Crippen molar-refractivity contribution in [2.75, 3.05) is 23.8 Å². The molecule has 1 N–H and O–H groups in total. The monoisotopic (exact) mass is 374 g/mol. The first-order valence-corrected chi connectivity index (χ1v) is 9.58. The number of nitriles is 1. The number of carbonyl (C=O) groups is 2. The van der Waals surface area contributed by atoms with Crippen molar-refractivity contribution < 1.29 is 9.59 Å². The van der Waals surface area contributed by atoms with E-state index in [2.05, 4.69) is 16.3 Å². The van der Waals surface area contributed by atoms with E-state index < -0.39 is 0 Å². The third-order valence-electron chi connectivity index (χ3n) is 5.55. The number of hydrogen-bond donors (Lipinski definition) is 1. The minimum absolute atomic E-state index is 0.0492. The van der Waals surface area contributed by atoms with Gasteiger partial charge in [0.2, 0.25) is 0 Å². The minimum Gasteiger partial charge on any atom is -0.354 e. The maximum absolute atomic E-state index is 13.0. The molecule has 4 rings (SSSR count). The molecule has 1 saturated heterocycles. The molecule has 1 atom stereocenters. The lowest BCUT2D eigenvalue weighted by atomic mass is 10.0. The molecule has 0 aliphatic carbocycles. The number of nitrogens with one attached hydrogen (secondary N) is 1. The number of fused-ring (bicyclic) bond motifs is 2. The molecule has 0 aromatic heterocycles. The predicted molar refractivity (Wildman–Crippen MR) is 107 cm³/mol. The summed E-state index contributed by atoms with van der Waals surface area (Å²) >= 11 is 0. The Bertz CT molecular complexity index is 979. The van der Waals surface area contributed by atoms with Gasteiger partial charge in [-0.2, -0.15) is 5.26 Å². The molecule has 2 aliphatic rings. The van der Waals surface area contributed by atoms with E-state index >= 15 is 0 Å². The lowest BCUT2D eigenvalue weighted by Crippen LogP contribution is -2.53. The molecule has 1 fully saturated rings. The Hall–Kier alpha value is -3.33. The zero-order chi connectivity index (χ0) is 19.7. The van der Waals surface area contributed by atoms with Gasteiger partial charge in [0, 0.05) is 24.8 Å². The quantitative estimate of drug-likeness (QED) is 0.871. The first-order chi connectivity index (χ1) is 13.6. The second kappa shape index (κ2) is 7.35. The molecule has 142 valence electrons. The van der Waals surface area contributed by atoms with Gasteiger partial charge in [-0.25, -0.2) is 0 Å². The first kappa shape index (κ1) is 18.1. The highest BCUT2D eigenvalue weighted by molar-refractivity contribution is 6.08. The van der Waals surface area contributed by atoms with Crippen LogP contribution in [0.3, 0.4) is 0 Å². The fourth-order valence-corrected chi connectivity index (χ4v) is 4.06. The molecule has 0 bridgehead atoms. The summed E-state index contributed by atoms with van der Waals surface area (Å²) in [7, 11) is 1.99. The Morgan fingerprint density at radius 2 is 2.04 bits per heavy atom. The van der Waals surface area contributed by atoms with Crippen LogP contribution in [0.1, 0.15) is 52.0 Å². The molecule has 2 amide bonds. The molecule has 0 saturated carbocycles. The van der Waals surface area contributed by atoms with Gasteiger partial charge in [-0.05, 0) is 55.7 Å². The number of anilines is 2. The second-order valence-electron chi connectivity index (χ2n) is 7.32. The van der Waals surface area contributed by atoms with E-state index in [-0.39, 0.29) is 18.0 Å². The first-order valence-electron chi connectivity index (χ1n) is 9.58. The summed E-state index contributed by atoms with van der Waals surface area (Å²) < 4.78 is 0. The van der Waals surface area contributed by atoms with Crippen molar-refractivity contribution in [2.24, 2.45) is 0 Å². The number of rotatable bonds is 2. The van der Waals surface area contributed by atoms with Gasteiger partial charge in [0.05, 0.1) is 22.9 Å². The van der Waals surface area contributed by atoms with Crippen LogP contribution in [0.25, 0.3) is 0 Å². The third kappa shape index (κ3) is 3.20. The van der Waals surface area contributed by atoms with Crippen LogP contribution in [-0.2, 0) is 0 Å². The van der Waals surface area contributed by atoms with Crippen LogP contribution >= 0.6 is 0 Å². The number of carbonyl (C=O) groups excluding carboxylic acids is 2. The van der Waals surface area contributed by atoms with Crippen molar-refractivity contribution >= 4 is 23.2 Å². The summed E-state index contributed by atoms with van der Waals surface area (Å²) in [4.78, 5) is 29.8. The minimum atomic E-state index is -0.262. The Morgan fingerprint density at radius 1 is 1.18 bits per heavy atom. The summed E-state index contributed by atoms with van der Waals surface area (Å²) in [5, 5.41) is 11.8. The summed E-state index contributed by atoms with van der Waals surface area (Å²) in [6.07, 6.45) is 4.27. The predicted octanol–water partition coefficient (Wildman–Crippen LogP) is 3.60. The molecule has 2 heterocycles. The van der Waals surface area contributed by atoms with Crippen LogP contribution in [0.4, 0.5) is 11.4 Å². The Labute approximate surface area is 164 Å². The highest BCUT2D eigenvalue weighted by atomic mass is 16.2. The average molecular weight is 374 g/mol. The highest BCUT2D eigenvalue weighted by Crippen LogP contribution is 2.34. The highest BCUT2D eigenvalue weighted by Gasteiger charge is 2.36. The number of hydrogen-bond acceptors (Lipinski definition) is 4. The van der Waals surface area contributed by atoms with Gasteiger partial charge in [-0.1, -0.05) is 12.5 Å². The van der Waals surface area contributed by atoms with Crippen molar-refractivity contribution in [3.8, 4) is 6.07 Å². The zero-order valence-corrected chi connectivity index (χ0v) is 15.8. The summed E-state index contributed by atoms with van der Waals surface area (Å²) in [5.74, 6) is -0.212. The number of nitrogens with zero attached hydrogens (tertiary/aromatic N) is 3. The molecule has 0 radical (unpaired) electrons. The molecule has 28 heavy (non-hydrogen) atoms. The van der Waals surface area contributed by atoms with Crippen molar-refractivity contribution in [1.29, 1.82) is 5.26 Å². The SMILES string of the molecule is CN1c2cc(C(=O)Nc3cccc(C#N)c3)ccc2C(=O)N2CCCCCC21. The zero-order valence-electron chi connectivity index (χ0n) is 15.8. The van der Waals surface area contributed by atoms with Crippen molar-refractivity contribution in [3.05, 3.63) is 59.2 Å². The Balaban J connectivity index is 1.62. The van der Waals surface area contributed by atoms with Crippen LogP contribution in [-0.4, -0.2) is 36.5 Å². The number of benzene rings is 2. The molecule has 2 aliphatic heterocycles. The van der Waals surface area contributed by atoms with Gasteiger partial charge in [0.25, 0.3) is 11.8 Å². The van der Waals surface area contributed by atoms with Gasteiger partial charge in [0.15, 0.2) is 0 Å². The van der Waals surface area contributed by atoms with Gasteiger partial charge in [0.1, 0.15) is 6.17 Å². The summed E-state index contributed by atoms with van der Waals surface area (Å²) in [6, 6.07) is 14.1. The molecule has 1 unspecified atom stereocenters. The smallest absolute Gasteiger partial charge is 0.257 e. The van der Waals surface area contributed by atoms with Crippen molar-refractivity contribution in [3.63, 3.8) is 0 Å². The average Bonchev–Trinajstić information content (AvgIpc) is 2.98. The van der Waals surface area contributed by atoms with E-state index in [1.165, 1.54) is 0 Å². The summed E-state index contributed by atoms with van der Waals surface area (Å²) in [5.41, 5.74) is 2.99. The van der Waals surface area contributed by atoms with E-state index in [0.717, 1.165) is 37.9 Å². The molecular weight excluding hydrogens is 352 g/mol.